The van der Waals surface area contributed by atoms with Crippen LogP contribution in [-0.4, -0.2) is 63.4 Å². The zero-order valence-electron chi connectivity index (χ0n) is 16.2. The molecule has 1 heterocycles. The van der Waals surface area contributed by atoms with Crippen molar-refractivity contribution in [1.29, 1.82) is 0 Å². The molecule has 0 saturated carbocycles. The first kappa shape index (κ1) is 23.1. The average molecular weight is 396 g/mol. The molecule has 11 heteroatoms. The van der Waals surface area contributed by atoms with Crippen molar-refractivity contribution >= 4 is 23.7 Å². The summed E-state index contributed by atoms with van der Waals surface area (Å²) in [5.41, 5.74) is 5.88. The number of amides is 3. The zero-order chi connectivity index (χ0) is 21.3. The molecule has 1 aromatic heterocycles. The predicted molar refractivity (Wildman–Crippen MR) is 99.9 cm³/mol. The Kier molecular flexibility index (Phi) is 9.09. The van der Waals surface area contributed by atoms with Crippen molar-refractivity contribution in [2.45, 2.75) is 51.7 Å². The van der Waals surface area contributed by atoms with Crippen LogP contribution < -0.4 is 21.7 Å². The molecular formula is C17H28N6O5. The molecule has 0 aliphatic carbocycles. The van der Waals surface area contributed by atoms with E-state index in [0.717, 1.165) is 0 Å². The van der Waals surface area contributed by atoms with Gasteiger partial charge in [0.1, 0.15) is 18.1 Å². The third kappa shape index (κ3) is 7.74. The number of carbonyl (C=O) groups excluding carboxylic acids is 3. The highest BCUT2D eigenvalue weighted by Crippen LogP contribution is 2.07. The second kappa shape index (κ2) is 11.0. The largest absolute Gasteiger partial charge is 0.480 e. The molecule has 3 unspecified atom stereocenters. The third-order valence-corrected chi connectivity index (χ3v) is 3.89. The Balaban J connectivity index is 2.94. The van der Waals surface area contributed by atoms with Gasteiger partial charge in [-0.3, -0.25) is 19.2 Å². The second-order valence-electron chi connectivity index (χ2n) is 6.86. The second-order valence-corrected chi connectivity index (χ2v) is 6.86. The molecule has 0 aromatic carbocycles. The van der Waals surface area contributed by atoms with Crippen LogP contribution >= 0.6 is 0 Å². The molecule has 1 rings (SSSR count). The summed E-state index contributed by atoms with van der Waals surface area (Å²) in [4.78, 5) is 54.5. The molecule has 3 atom stereocenters. The van der Waals surface area contributed by atoms with Crippen LogP contribution in [0.15, 0.2) is 12.5 Å². The fraction of sp³-hybridized carbons (Fsp3) is 0.588. The number of hydrogen-bond donors (Lipinski definition) is 6. The zero-order valence-corrected chi connectivity index (χ0v) is 16.2. The van der Waals surface area contributed by atoms with Gasteiger partial charge in [-0.2, -0.15) is 0 Å². The number of aromatic amines is 1. The molecule has 0 fully saturated rings. The maximum absolute atomic E-state index is 12.7. The Hall–Kier alpha value is -2.95. The van der Waals surface area contributed by atoms with Crippen molar-refractivity contribution < 1.29 is 24.3 Å². The smallest absolute Gasteiger partial charge is 0.325 e. The maximum atomic E-state index is 12.7. The number of carbonyl (C=O) groups is 4. The van der Waals surface area contributed by atoms with Crippen LogP contribution in [0.2, 0.25) is 0 Å². The van der Waals surface area contributed by atoms with E-state index in [9.17, 15) is 19.2 Å². The molecule has 156 valence electrons. The van der Waals surface area contributed by atoms with Gasteiger partial charge >= 0.3 is 5.97 Å². The van der Waals surface area contributed by atoms with E-state index < -0.39 is 41.8 Å². The standard InChI is InChI=1S/C17H28N6O5/c1-9(2)4-12(22-14(24)6-18)16(26)23-13(5-11-7-19-8-20-11)15(25)21-10(3)17(27)28/h7-10,12-13H,4-6,18H2,1-3H3,(H,19,20)(H,21,25)(H,22,24)(H,23,26)(H,27,28). The topological polar surface area (TPSA) is 179 Å². The summed E-state index contributed by atoms with van der Waals surface area (Å²) in [6, 6.07) is -3.05. The molecule has 3 amide bonds. The van der Waals surface area contributed by atoms with Crippen LogP contribution in [0.5, 0.6) is 0 Å². The number of carboxylic acids is 1. The van der Waals surface area contributed by atoms with E-state index in [2.05, 4.69) is 25.9 Å². The van der Waals surface area contributed by atoms with E-state index in [4.69, 9.17) is 10.8 Å². The predicted octanol–water partition coefficient (Wildman–Crippen LogP) is -1.48. The minimum absolute atomic E-state index is 0.0726. The summed E-state index contributed by atoms with van der Waals surface area (Å²) in [6.07, 6.45) is 3.34. The summed E-state index contributed by atoms with van der Waals surface area (Å²) < 4.78 is 0. The Morgan fingerprint density at radius 2 is 1.75 bits per heavy atom. The minimum atomic E-state index is -1.20. The lowest BCUT2D eigenvalue weighted by Gasteiger charge is -2.24. The number of carboxylic acid groups (broad SMARTS) is 1. The Morgan fingerprint density at radius 3 is 2.25 bits per heavy atom. The fourth-order valence-electron chi connectivity index (χ4n) is 2.43. The average Bonchev–Trinajstić information content (AvgIpc) is 3.12. The molecule has 0 bridgehead atoms. The fourth-order valence-corrected chi connectivity index (χ4v) is 2.43. The normalized spacial score (nSPS) is 14.0. The summed E-state index contributed by atoms with van der Waals surface area (Å²) >= 11 is 0. The number of nitrogens with zero attached hydrogens (tertiary/aromatic N) is 1. The first-order chi connectivity index (χ1) is 13.1. The van der Waals surface area contributed by atoms with Gasteiger partial charge in [0.2, 0.25) is 17.7 Å². The van der Waals surface area contributed by atoms with Crippen LogP contribution in [0, 0.1) is 5.92 Å². The van der Waals surface area contributed by atoms with Gasteiger partial charge in [-0.25, -0.2) is 4.98 Å². The van der Waals surface area contributed by atoms with Crippen molar-refractivity contribution in [2.24, 2.45) is 11.7 Å². The van der Waals surface area contributed by atoms with Crippen molar-refractivity contribution in [3.05, 3.63) is 18.2 Å². The number of nitrogens with two attached hydrogens (primary N) is 1. The summed E-state index contributed by atoms with van der Waals surface area (Å²) in [6.45, 7) is 4.82. The van der Waals surface area contributed by atoms with Crippen LogP contribution in [0.1, 0.15) is 32.9 Å². The van der Waals surface area contributed by atoms with Crippen molar-refractivity contribution in [3.8, 4) is 0 Å². The van der Waals surface area contributed by atoms with Gasteiger partial charge in [0.05, 0.1) is 12.9 Å². The number of H-pyrrole nitrogens is 1. The molecule has 0 aliphatic heterocycles. The van der Waals surface area contributed by atoms with E-state index >= 15 is 0 Å². The van der Waals surface area contributed by atoms with E-state index in [-0.39, 0.29) is 18.9 Å². The van der Waals surface area contributed by atoms with Crippen molar-refractivity contribution in [3.63, 3.8) is 0 Å². The van der Waals surface area contributed by atoms with Crippen LogP contribution in [0.25, 0.3) is 0 Å². The van der Waals surface area contributed by atoms with E-state index in [0.29, 0.717) is 12.1 Å². The first-order valence-corrected chi connectivity index (χ1v) is 8.94. The van der Waals surface area contributed by atoms with Gasteiger partial charge in [0.25, 0.3) is 0 Å². The molecule has 7 N–H and O–H groups in total. The van der Waals surface area contributed by atoms with Crippen molar-refractivity contribution in [1.82, 2.24) is 25.9 Å². The number of hydrogen-bond acceptors (Lipinski definition) is 6. The molecule has 0 spiro atoms. The highest BCUT2D eigenvalue weighted by molar-refractivity contribution is 5.93. The molecule has 0 radical (unpaired) electrons. The quantitative estimate of drug-likeness (QED) is 0.264. The van der Waals surface area contributed by atoms with Crippen LogP contribution in [-0.2, 0) is 25.6 Å². The summed E-state index contributed by atoms with van der Waals surface area (Å²) in [5.74, 6) is -2.81. The Bertz CT molecular complexity index is 676. The number of aromatic nitrogens is 2. The number of rotatable bonds is 11. The van der Waals surface area contributed by atoms with E-state index in [1.165, 1.54) is 19.4 Å². The van der Waals surface area contributed by atoms with Gasteiger partial charge in [-0.05, 0) is 19.3 Å². The summed E-state index contributed by atoms with van der Waals surface area (Å²) in [7, 11) is 0. The highest BCUT2D eigenvalue weighted by Gasteiger charge is 2.29. The lowest BCUT2D eigenvalue weighted by atomic mass is 10.0. The minimum Gasteiger partial charge on any atom is -0.480 e. The lowest BCUT2D eigenvalue weighted by molar-refractivity contribution is -0.141. The maximum Gasteiger partial charge on any atom is 0.325 e. The van der Waals surface area contributed by atoms with Gasteiger partial charge in [0.15, 0.2) is 0 Å². The van der Waals surface area contributed by atoms with Gasteiger partial charge in [0, 0.05) is 18.3 Å². The SMILES string of the molecule is CC(C)CC(NC(=O)CN)C(=O)NC(Cc1cnc[nH]1)C(=O)NC(C)C(=O)O. The Labute approximate surface area is 162 Å². The number of nitrogens with one attached hydrogen (secondary N) is 4. The highest BCUT2D eigenvalue weighted by atomic mass is 16.4. The first-order valence-electron chi connectivity index (χ1n) is 8.94. The summed E-state index contributed by atoms with van der Waals surface area (Å²) in [5, 5.41) is 16.4. The third-order valence-electron chi connectivity index (χ3n) is 3.89. The van der Waals surface area contributed by atoms with Gasteiger partial charge in [-0.1, -0.05) is 13.8 Å². The molecule has 11 nitrogen and oxygen atoms in total. The molecule has 0 aliphatic rings. The van der Waals surface area contributed by atoms with E-state index in [1.807, 2.05) is 13.8 Å². The molecular weight excluding hydrogens is 368 g/mol. The van der Waals surface area contributed by atoms with Crippen molar-refractivity contribution in [2.75, 3.05) is 6.54 Å². The van der Waals surface area contributed by atoms with Gasteiger partial charge < -0.3 is 31.8 Å². The van der Waals surface area contributed by atoms with E-state index in [1.54, 1.807) is 0 Å². The number of aliphatic carboxylic acids is 1. The lowest BCUT2D eigenvalue weighted by Crippen LogP contribution is -2.56. The van der Waals surface area contributed by atoms with Crippen LogP contribution in [0.3, 0.4) is 0 Å². The Morgan fingerprint density at radius 1 is 1.11 bits per heavy atom. The number of imidazole rings is 1. The van der Waals surface area contributed by atoms with Crippen LogP contribution in [0.4, 0.5) is 0 Å². The monoisotopic (exact) mass is 396 g/mol. The molecule has 28 heavy (non-hydrogen) atoms. The van der Waals surface area contributed by atoms with Gasteiger partial charge in [-0.15, -0.1) is 0 Å². The molecule has 0 saturated heterocycles. The molecule has 1 aromatic rings.